The number of thiophene rings is 1. The molecular weight excluding hydrogens is 372 g/mol. The Morgan fingerprint density at radius 1 is 1.06 bits per heavy atom. The number of hydrogen-bond donors (Lipinski definition) is 0. The molecule has 3 heteroatoms. The molecule has 1 heterocycles. The topological polar surface area (TPSA) is 0 Å². The van der Waals surface area contributed by atoms with Gasteiger partial charge in [0.05, 0.1) is 0 Å². The first-order valence-electron chi connectivity index (χ1n) is 6.12. The van der Waals surface area contributed by atoms with Crippen LogP contribution in [-0.2, 0) is 12.8 Å². The van der Waals surface area contributed by atoms with E-state index in [1.54, 1.807) is 0 Å². The molecule has 1 atom stereocenters. The van der Waals surface area contributed by atoms with E-state index >= 15 is 0 Å². The lowest BCUT2D eigenvalue weighted by Crippen LogP contribution is -2.03. The highest BCUT2D eigenvalue weighted by atomic mass is 79.9. The van der Waals surface area contributed by atoms with E-state index in [0.717, 1.165) is 22.6 Å². The molecule has 0 spiro atoms. The molecular formula is C15H16Br2S. The third-order valence-electron chi connectivity index (χ3n) is 3.04. The molecule has 2 aromatic rings. The van der Waals surface area contributed by atoms with Crippen molar-refractivity contribution in [3.63, 3.8) is 0 Å². The van der Waals surface area contributed by atoms with Crippen LogP contribution in [0.25, 0.3) is 0 Å². The lowest BCUT2D eigenvalue weighted by atomic mass is 9.97. The Hall–Kier alpha value is -0.120. The van der Waals surface area contributed by atoms with E-state index in [4.69, 9.17) is 0 Å². The summed E-state index contributed by atoms with van der Waals surface area (Å²) in [5, 5.41) is 1.01. The van der Waals surface area contributed by atoms with Crippen molar-refractivity contribution in [2.24, 2.45) is 0 Å². The maximum absolute atomic E-state index is 3.65. The molecule has 1 aromatic heterocycles. The van der Waals surface area contributed by atoms with E-state index in [-0.39, 0.29) is 0 Å². The molecule has 0 saturated carbocycles. The molecule has 0 saturated heterocycles. The van der Waals surface area contributed by atoms with Crippen LogP contribution in [0.5, 0.6) is 0 Å². The van der Waals surface area contributed by atoms with Gasteiger partial charge in [0.2, 0.25) is 0 Å². The lowest BCUT2D eigenvalue weighted by Gasteiger charge is -2.13. The first-order valence-corrected chi connectivity index (χ1v) is 8.85. The van der Waals surface area contributed by atoms with Crippen molar-refractivity contribution in [2.45, 2.75) is 25.7 Å². The van der Waals surface area contributed by atoms with Crippen LogP contribution in [0.15, 0.2) is 40.9 Å². The Kier molecular flexibility index (Phi) is 5.46. The molecule has 0 aliphatic rings. The second-order valence-corrected chi connectivity index (χ2v) is 7.14. The zero-order valence-electron chi connectivity index (χ0n) is 10.3. The summed E-state index contributed by atoms with van der Waals surface area (Å²) in [6, 6.07) is 13.2. The van der Waals surface area contributed by atoms with Gasteiger partial charge >= 0.3 is 0 Å². The zero-order valence-corrected chi connectivity index (χ0v) is 14.3. The van der Waals surface area contributed by atoms with Gasteiger partial charge in [0.25, 0.3) is 0 Å². The van der Waals surface area contributed by atoms with Crippen molar-refractivity contribution in [3.05, 3.63) is 56.2 Å². The molecule has 0 bridgehead atoms. The van der Waals surface area contributed by atoms with Gasteiger partial charge in [-0.2, -0.15) is 0 Å². The average Bonchev–Trinajstić information content (AvgIpc) is 2.85. The highest BCUT2D eigenvalue weighted by Gasteiger charge is 2.12. The standard InChI is InChI=1S/C15H16Br2S/c1-2-14-7-8-15(18-14)9-12(10-16)11-3-5-13(17)6-4-11/h3-8,12H,2,9-10H2,1H3. The number of halogens is 2. The quantitative estimate of drug-likeness (QED) is 0.569. The Bertz CT molecular complexity index is 487. The fraction of sp³-hybridized carbons (Fsp3) is 0.333. The Morgan fingerprint density at radius 2 is 1.72 bits per heavy atom. The molecule has 1 aromatic carbocycles. The smallest absolute Gasteiger partial charge is 0.0175 e. The van der Waals surface area contributed by atoms with Gasteiger partial charge in [-0.15, -0.1) is 11.3 Å². The molecule has 0 aliphatic carbocycles. The summed E-state index contributed by atoms with van der Waals surface area (Å²) in [7, 11) is 0. The van der Waals surface area contributed by atoms with Crippen molar-refractivity contribution in [2.75, 3.05) is 5.33 Å². The van der Waals surface area contributed by atoms with Crippen molar-refractivity contribution >= 4 is 43.2 Å². The first kappa shape index (κ1) is 14.3. The Balaban J connectivity index is 2.11. The summed E-state index contributed by atoms with van der Waals surface area (Å²) in [6.45, 7) is 2.21. The van der Waals surface area contributed by atoms with Crippen LogP contribution in [-0.4, -0.2) is 5.33 Å². The number of hydrogen-bond acceptors (Lipinski definition) is 1. The summed E-state index contributed by atoms with van der Waals surface area (Å²) >= 11 is 9.08. The minimum absolute atomic E-state index is 0.557. The summed E-state index contributed by atoms with van der Waals surface area (Å²) in [4.78, 5) is 2.97. The SMILES string of the molecule is CCc1ccc(CC(CBr)c2ccc(Br)cc2)s1. The molecule has 0 radical (unpaired) electrons. The molecule has 0 aliphatic heterocycles. The van der Waals surface area contributed by atoms with E-state index in [9.17, 15) is 0 Å². The molecule has 18 heavy (non-hydrogen) atoms. The van der Waals surface area contributed by atoms with E-state index in [1.807, 2.05) is 11.3 Å². The van der Waals surface area contributed by atoms with Crippen LogP contribution in [0.1, 0.15) is 28.2 Å². The van der Waals surface area contributed by atoms with Gasteiger partial charge < -0.3 is 0 Å². The number of benzene rings is 1. The minimum atomic E-state index is 0.557. The molecule has 0 amide bonds. The van der Waals surface area contributed by atoms with Crippen LogP contribution >= 0.6 is 43.2 Å². The number of alkyl halides is 1. The normalized spacial score (nSPS) is 12.6. The largest absolute Gasteiger partial charge is 0.145 e. The number of aryl methyl sites for hydroxylation is 1. The second-order valence-electron chi connectivity index (χ2n) is 4.33. The van der Waals surface area contributed by atoms with Crippen LogP contribution < -0.4 is 0 Å². The van der Waals surface area contributed by atoms with Crippen molar-refractivity contribution in [1.29, 1.82) is 0 Å². The molecule has 2 rings (SSSR count). The van der Waals surface area contributed by atoms with E-state index in [2.05, 4.69) is 75.2 Å². The van der Waals surface area contributed by atoms with Gasteiger partial charge in [0.15, 0.2) is 0 Å². The van der Waals surface area contributed by atoms with Gasteiger partial charge in [-0.25, -0.2) is 0 Å². The number of rotatable bonds is 5. The van der Waals surface area contributed by atoms with Crippen LogP contribution in [0, 0.1) is 0 Å². The van der Waals surface area contributed by atoms with Crippen molar-refractivity contribution in [3.8, 4) is 0 Å². The van der Waals surface area contributed by atoms with Gasteiger partial charge in [0, 0.05) is 19.6 Å². The molecule has 1 unspecified atom stereocenters. The molecule has 0 fully saturated rings. The maximum Gasteiger partial charge on any atom is 0.0175 e. The van der Waals surface area contributed by atoms with E-state index < -0.39 is 0 Å². The molecule has 96 valence electrons. The fourth-order valence-corrected chi connectivity index (χ4v) is 3.87. The highest BCUT2D eigenvalue weighted by molar-refractivity contribution is 9.10. The van der Waals surface area contributed by atoms with Crippen LogP contribution in [0.4, 0.5) is 0 Å². The summed E-state index contributed by atoms with van der Waals surface area (Å²) in [5.74, 6) is 0.557. The maximum atomic E-state index is 3.65. The van der Waals surface area contributed by atoms with Crippen molar-refractivity contribution < 1.29 is 0 Å². The Morgan fingerprint density at radius 3 is 2.28 bits per heavy atom. The van der Waals surface area contributed by atoms with Gasteiger partial charge in [0.1, 0.15) is 0 Å². The Labute approximate surface area is 130 Å². The third kappa shape index (κ3) is 3.69. The van der Waals surface area contributed by atoms with Gasteiger partial charge in [-0.3, -0.25) is 0 Å². The predicted molar refractivity (Wildman–Crippen MR) is 88.1 cm³/mol. The monoisotopic (exact) mass is 386 g/mol. The lowest BCUT2D eigenvalue weighted by molar-refractivity contribution is 0.785. The van der Waals surface area contributed by atoms with Crippen molar-refractivity contribution in [1.82, 2.24) is 0 Å². The molecule has 0 nitrogen and oxygen atoms in total. The predicted octanol–water partition coefficient (Wildman–Crippen LogP) is 5.79. The van der Waals surface area contributed by atoms with Gasteiger partial charge in [-0.1, -0.05) is 50.9 Å². The first-order chi connectivity index (χ1) is 8.72. The summed E-state index contributed by atoms with van der Waals surface area (Å²) in [6.07, 6.45) is 2.26. The highest BCUT2D eigenvalue weighted by Crippen LogP contribution is 2.28. The molecule has 0 N–H and O–H groups in total. The minimum Gasteiger partial charge on any atom is -0.145 e. The zero-order chi connectivity index (χ0) is 13.0. The third-order valence-corrected chi connectivity index (χ3v) is 5.60. The van der Waals surface area contributed by atoms with E-state index in [0.29, 0.717) is 5.92 Å². The second kappa shape index (κ2) is 6.88. The van der Waals surface area contributed by atoms with E-state index in [1.165, 1.54) is 15.3 Å². The average molecular weight is 388 g/mol. The van der Waals surface area contributed by atoms with Crippen LogP contribution in [0.3, 0.4) is 0 Å². The summed E-state index contributed by atoms with van der Waals surface area (Å²) < 4.78 is 1.14. The fourth-order valence-electron chi connectivity index (χ4n) is 1.96. The van der Waals surface area contributed by atoms with Gasteiger partial charge in [-0.05, 0) is 48.6 Å². The summed E-state index contributed by atoms with van der Waals surface area (Å²) in [5.41, 5.74) is 1.40. The van der Waals surface area contributed by atoms with Crippen LogP contribution in [0.2, 0.25) is 0 Å².